The minimum absolute atomic E-state index is 0.0478. The van der Waals surface area contributed by atoms with E-state index >= 15 is 0 Å². The lowest BCUT2D eigenvalue weighted by molar-refractivity contribution is -0.385. The van der Waals surface area contributed by atoms with E-state index in [4.69, 9.17) is 14.2 Å². The first-order valence-electron chi connectivity index (χ1n) is 8.46. The van der Waals surface area contributed by atoms with Gasteiger partial charge in [0, 0.05) is 19.9 Å². The number of ether oxygens (including phenoxy) is 4. The number of benzene rings is 1. The standard InChI is InChI=1S/C17H21N3O9/c1-10(21)19-12(16(22)28-4)5-6-18(19)17(23)29-9-11-7-14(26-2)15(27-3)8-13(11)20(24)25/h7-8,12H,5-6,9H2,1-4H3. The number of amides is 2. The Balaban J connectivity index is 2.21. The molecule has 12 heteroatoms. The molecule has 0 radical (unpaired) electrons. The summed E-state index contributed by atoms with van der Waals surface area (Å²) in [6.07, 6.45) is -0.756. The van der Waals surface area contributed by atoms with E-state index in [1.165, 1.54) is 34.3 Å². The van der Waals surface area contributed by atoms with Crippen molar-refractivity contribution < 1.29 is 38.3 Å². The summed E-state index contributed by atoms with van der Waals surface area (Å²) in [5.41, 5.74) is -0.258. The number of nitro benzene ring substituents is 1. The summed E-state index contributed by atoms with van der Waals surface area (Å²) in [7, 11) is 3.88. The van der Waals surface area contributed by atoms with Gasteiger partial charge in [-0.05, 0) is 6.07 Å². The van der Waals surface area contributed by atoms with E-state index in [1.807, 2.05) is 0 Å². The summed E-state index contributed by atoms with van der Waals surface area (Å²) in [4.78, 5) is 46.9. The third kappa shape index (κ3) is 4.47. The fraction of sp³-hybridized carbons (Fsp3) is 0.471. The molecule has 1 atom stereocenters. The third-order valence-electron chi connectivity index (χ3n) is 4.31. The van der Waals surface area contributed by atoms with Gasteiger partial charge in [-0.15, -0.1) is 0 Å². The predicted octanol–water partition coefficient (Wildman–Crippen LogP) is 1.26. The second kappa shape index (κ2) is 9.08. The first-order chi connectivity index (χ1) is 13.7. The van der Waals surface area contributed by atoms with Gasteiger partial charge < -0.3 is 18.9 Å². The zero-order valence-electron chi connectivity index (χ0n) is 16.4. The number of hydrazine groups is 1. The van der Waals surface area contributed by atoms with Crippen molar-refractivity contribution in [2.45, 2.75) is 26.0 Å². The van der Waals surface area contributed by atoms with Gasteiger partial charge in [0.25, 0.3) is 5.69 Å². The van der Waals surface area contributed by atoms with Crippen LogP contribution in [-0.4, -0.2) is 66.8 Å². The molecule has 158 valence electrons. The van der Waals surface area contributed by atoms with Crippen molar-refractivity contribution in [1.82, 2.24) is 10.0 Å². The SMILES string of the molecule is COC(=O)C1CCN(C(=O)OCc2cc(OC)c(OC)cc2[N+](=O)[O-])N1C(C)=O. The topological polar surface area (TPSA) is 138 Å². The molecular formula is C17H21N3O9. The molecule has 12 nitrogen and oxygen atoms in total. The van der Waals surface area contributed by atoms with Crippen LogP contribution in [0.25, 0.3) is 0 Å². The second-order valence-corrected chi connectivity index (χ2v) is 5.96. The molecule has 1 aromatic rings. The average molecular weight is 411 g/mol. The Bertz CT molecular complexity index is 827. The molecule has 0 saturated carbocycles. The Morgan fingerprint density at radius 3 is 2.31 bits per heavy atom. The average Bonchev–Trinajstić information content (AvgIpc) is 3.16. The van der Waals surface area contributed by atoms with Gasteiger partial charge in [-0.2, -0.15) is 0 Å². The number of nitrogens with zero attached hydrogens (tertiary/aromatic N) is 3. The highest BCUT2D eigenvalue weighted by molar-refractivity contribution is 5.86. The second-order valence-electron chi connectivity index (χ2n) is 5.96. The number of hydrogen-bond acceptors (Lipinski definition) is 9. The van der Waals surface area contributed by atoms with Gasteiger partial charge in [0.15, 0.2) is 17.5 Å². The molecule has 1 aliphatic heterocycles. The van der Waals surface area contributed by atoms with Crippen molar-refractivity contribution in [3.63, 3.8) is 0 Å². The lowest BCUT2D eigenvalue weighted by Crippen LogP contribution is -2.50. The number of methoxy groups -OCH3 is 3. The van der Waals surface area contributed by atoms with Crippen LogP contribution in [0, 0.1) is 10.1 Å². The van der Waals surface area contributed by atoms with Crippen LogP contribution >= 0.6 is 0 Å². The molecule has 2 amide bonds. The molecule has 1 heterocycles. The van der Waals surface area contributed by atoms with Crippen molar-refractivity contribution in [3.05, 3.63) is 27.8 Å². The Hall–Kier alpha value is -3.57. The molecule has 1 fully saturated rings. The van der Waals surface area contributed by atoms with Crippen LogP contribution in [0.5, 0.6) is 11.5 Å². The molecule has 1 aliphatic rings. The quantitative estimate of drug-likeness (QED) is 0.385. The van der Waals surface area contributed by atoms with Crippen molar-refractivity contribution in [1.29, 1.82) is 0 Å². The van der Waals surface area contributed by atoms with Crippen LogP contribution < -0.4 is 9.47 Å². The highest BCUT2D eigenvalue weighted by Gasteiger charge is 2.42. The molecule has 1 aromatic carbocycles. The summed E-state index contributed by atoms with van der Waals surface area (Å²) in [5.74, 6) is -0.836. The summed E-state index contributed by atoms with van der Waals surface area (Å²) in [6, 6.07) is 1.54. The van der Waals surface area contributed by atoms with E-state index in [0.29, 0.717) is 0 Å². The van der Waals surface area contributed by atoms with Crippen LogP contribution in [0.1, 0.15) is 18.9 Å². The van der Waals surface area contributed by atoms with E-state index in [1.54, 1.807) is 0 Å². The van der Waals surface area contributed by atoms with Gasteiger partial charge in [-0.1, -0.05) is 0 Å². The van der Waals surface area contributed by atoms with Crippen molar-refractivity contribution in [2.24, 2.45) is 0 Å². The third-order valence-corrected chi connectivity index (χ3v) is 4.31. The van der Waals surface area contributed by atoms with Gasteiger partial charge in [-0.3, -0.25) is 14.9 Å². The Kier molecular flexibility index (Phi) is 6.80. The van der Waals surface area contributed by atoms with Crippen LogP contribution in [0.3, 0.4) is 0 Å². The van der Waals surface area contributed by atoms with Gasteiger partial charge in [0.05, 0.1) is 37.9 Å². The van der Waals surface area contributed by atoms with E-state index < -0.39 is 35.5 Å². The maximum absolute atomic E-state index is 12.5. The molecule has 29 heavy (non-hydrogen) atoms. The maximum atomic E-state index is 12.5. The van der Waals surface area contributed by atoms with Crippen molar-refractivity contribution >= 4 is 23.7 Å². The normalized spacial score (nSPS) is 15.7. The van der Waals surface area contributed by atoms with Crippen molar-refractivity contribution in [2.75, 3.05) is 27.9 Å². The van der Waals surface area contributed by atoms with E-state index in [2.05, 4.69) is 4.74 Å². The summed E-state index contributed by atoms with van der Waals surface area (Å²) in [6.45, 7) is 0.785. The molecule has 1 saturated heterocycles. The Morgan fingerprint density at radius 1 is 1.17 bits per heavy atom. The van der Waals surface area contributed by atoms with Crippen molar-refractivity contribution in [3.8, 4) is 11.5 Å². The molecule has 1 unspecified atom stereocenters. The summed E-state index contributed by atoms with van der Waals surface area (Å²) >= 11 is 0. The van der Waals surface area contributed by atoms with Crippen LogP contribution in [0.4, 0.5) is 10.5 Å². The first-order valence-corrected chi connectivity index (χ1v) is 8.46. The van der Waals surface area contributed by atoms with Gasteiger partial charge in [-0.25, -0.2) is 19.6 Å². The molecular weight excluding hydrogens is 390 g/mol. The van der Waals surface area contributed by atoms with E-state index in [0.717, 1.165) is 16.1 Å². The van der Waals surface area contributed by atoms with Crippen LogP contribution in [0.2, 0.25) is 0 Å². The summed E-state index contributed by atoms with van der Waals surface area (Å²) in [5, 5.41) is 13.3. The molecule has 0 aliphatic carbocycles. The minimum Gasteiger partial charge on any atom is -0.493 e. The van der Waals surface area contributed by atoms with Gasteiger partial charge >= 0.3 is 12.1 Å². The van der Waals surface area contributed by atoms with Crippen LogP contribution in [0.15, 0.2) is 12.1 Å². The Labute approximate surface area is 166 Å². The number of carbonyl (C=O) groups excluding carboxylic acids is 3. The maximum Gasteiger partial charge on any atom is 0.429 e. The molecule has 0 bridgehead atoms. The first kappa shape index (κ1) is 21.7. The van der Waals surface area contributed by atoms with E-state index in [9.17, 15) is 24.5 Å². The summed E-state index contributed by atoms with van der Waals surface area (Å²) < 4.78 is 20.0. The zero-order valence-corrected chi connectivity index (χ0v) is 16.4. The minimum atomic E-state index is -0.944. The Morgan fingerprint density at radius 2 is 1.79 bits per heavy atom. The van der Waals surface area contributed by atoms with E-state index in [-0.39, 0.29) is 35.7 Å². The highest BCUT2D eigenvalue weighted by atomic mass is 16.6. The monoisotopic (exact) mass is 411 g/mol. The zero-order chi connectivity index (χ0) is 21.7. The lowest BCUT2D eigenvalue weighted by atomic mass is 10.1. The largest absolute Gasteiger partial charge is 0.493 e. The number of carbonyl (C=O) groups is 3. The molecule has 0 N–H and O–H groups in total. The smallest absolute Gasteiger partial charge is 0.429 e. The van der Waals surface area contributed by atoms with Gasteiger partial charge in [0.1, 0.15) is 6.61 Å². The molecule has 0 aromatic heterocycles. The number of hydrogen-bond donors (Lipinski definition) is 0. The lowest BCUT2D eigenvalue weighted by Gasteiger charge is -2.29. The van der Waals surface area contributed by atoms with Crippen LogP contribution in [-0.2, 0) is 25.7 Å². The molecule has 0 spiro atoms. The predicted molar refractivity (Wildman–Crippen MR) is 96.0 cm³/mol. The molecule has 2 rings (SSSR count). The number of esters is 1. The van der Waals surface area contributed by atoms with Gasteiger partial charge in [0.2, 0.25) is 5.91 Å². The fourth-order valence-corrected chi connectivity index (χ4v) is 2.98. The number of nitro groups is 1. The fourth-order valence-electron chi connectivity index (χ4n) is 2.98. The highest BCUT2D eigenvalue weighted by Crippen LogP contribution is 2.35. The number of rotatable bonds is 6.